The van der Waals surface area contributed by atoms with Gasteiger partial charge in [0, 0.05) is 36.6 Å². The Balaban J connectivity index is 0.00000392. The maximum atomic E-state index is 5.48. The Morgan fingerprint density at radius 2 is 1.75 bits per heavy atom. The summed E-state index contributed by atoms with van der Waals surface area (Å²) in [7, 11) is 6.64. The molecule has 0 radical (unpaired) electrons. The summed E-state index contributed by atoms with van der Waals surface area (Å²) in [5.41, 5.74) is 0.963. The highest BCUT2D eigenvalue weighted by Crippen LogP contribution is 2.34. The van der Waals surface area contributed by atoms with Crippen molar-refractivity contribution in [2.45, 2.75) is 19.9 Å². The summed E-state index contributed by atoms with van der Waals surface area (Å²) in [4.78, 5) is 5.71. The third-order valence-electron chi connectivity index (χ3n) is 4.20. The highest BCUT2D eigenvalue weighted by atomic mass is 127. The number of aliphatic imine (C=N–C) groups is 1. The van der Waals surface area contributed by atoms with Gasteiger partial charge in [-0.1, -0.05) is 13.0 Å². The molecule has 0 aliphatic carbocycles. The lowest BCUT2D eigenvalue weighted by atomic mass is 10.1. The molecule has 2 rings (SSSR count). The zero-order chi connectivity index (χ0) is 19.6. The van der Waals surface area contributed by atoms with Crippen LogP contribution in [0.5, 0.6) is 17.2 Å². The molecule has 2 N–H and O–H groups in total. The van der Waals surface area contributed by atoms with Crippen molar-refractivity contribution in [3.63, 3.8) is 0 Å². The second-order valence-corrected chi connectivity index (χ2v) is 7.25. The molecule has 0 amide bonds. The zero-order valence-electron chi connectivity index (χ0n) is 17.1. The van der Waals surface area contributed by atoms with Crippen molar-refractivity contribution in [3.05, 3.63) is 40.1 Å². The maximum Gasteiger partial charge on any atom is 0.191 e. The van der Waals surface area contributed by atoms with Crippen LogP contribution in [-0.2, 0) is 13.0 Å². The normalized spacial score (nSPS) is 12.0. The van der Waals surface area contributed by atoms with Crippen molar-refractivity contribution in [1.29, 1.82) is 0 Å². The SMILES string of the molecule is CN=C(NCc1cc(OC)c(OC)cc1OC)NCC(C)Cc1cccs1.I. The Morgan fingerprint density at radius 1 is 1.07 bits per heavy atom. The van der Waals surface area contributed by atoms with E-state index >= 15 is 0 Å². The van der Waals surface area contributed by atoms with Gasteiger partial charge in [0.25, 0.3) is 0 Å². The molecule has 28 heavy (non-hydrogen) atoms. The van der Waals surface area contributed by atoms with E-state index in [1.165, 1.54) is 4.88 Å². The Hall–Kier alpha value is -1.68. The van der Waals surface area contributed by atoms with Crippen LogP contribution in [0.4, 0.5) is 0 Å². The van der Waals surface area contributed by atoms with Gasteiger partial charge in [0.2, 0.25) is 0 Å². The maximum absolute atomic E-state index is 5.48. The molecule has 0 spiro atoms. The van der Waals surface area contributed by atoms with E-state index in [2.05, 4.69) is 40.1 Å². The molecule has 1 unspecified atom stereocenters. The van der Waals surface area contributed by atoms with Gasteiger partial charge >= 0.3 is 0 Å². The van der Waals surface area contributed by atoms with Gasteiger partial charge in [-0.25, -0.2) is 0 Å². The molecule has 1 aromatic heterocycles. The summed E-state index contributed by atoms with van der Waals surface area (Å²) in [5.74, 6) is 3.31. The van der Waals surface area contributed by atoms with Crippen molar-refractivity contribution in [2.75, 3.05) is 34.9 Å². The van der Waals surface area contributed by atoms with E-state index in [1.807, 2.05) is 12.1 Å². The third kappa shape index (κ3) is 7.05. The Kier molecular flexibility index (Phi) is 11.1. The number of nitrogens with one attached hydrogen (secondary N) is 2. The fraction of sp³-hybridized carbons (Fsp3) is 0.450. The van der Waals surface area contributed by atoms with Gasteiger partial charge < -0.3 is 24.8 Å². The van der Waals surface area contributed by atoms with Crippen molar-refractivity contribution >= 4 is 41.3 Å². The van der Waals surface area contributed by atoms with Crippen LogP contribution >= 0.6 is 35.3 Å². The molecule has 0 aliphatic rings. The third-order valence-corrected chi connectivity index (χ3v) is 5.10. The van der Waals surface area contributed by atoms with Gasteiger partial charge in [-0.3, -0.25) is 4.99 Å². The molecular formula is C20H30IN3O3S. The molecule has 8 heteroatoms. The molecule has 1 atom stereocenters. The molecule has 0 fully saturated rings. The molecule has 0 saturated carbocycles. The van der Waals surface area contributed by atoms with Gasteiger partial charge in [0.15, 0.2) is 17.5 Å². The highest BCUT2D eigenvalue weighted by molar-refractivity contribution is 14.0. The molecule has 6 nitrogen and oxygen atoms in total. The smallest absolute Gasteiger partial charge is 0.191 e. The minimum absolute atomic E-state index is 0. The van der Waals surface area contributed by atoms with E-state index in [-0.39, 0.29) is 24.0 Å². The van der Waals surface area contributed by atoms with Crippen LogP contribution in [0.3, 0.4) is 0 Å². The molecule has 0 bridgehead atoms. The van der Waals surface area contributed by atoms with Crippen LogP contribution in [0.15, 0.2) is 34.6 Å². The fourth-order valence-corrected chi connectivity index (χ4v) is 3.62. The molecule has 0 saturated heterocycles. The lowest BCUT2D eigenvalue weighted by molar-refractivity contribution is 0.347. The van der Waals surface area contributed by atoms with Crippen LogP contribution in [-0.4, -0.2) is 40.9 Å². The predicted octanol–water partition coefficient (Wildman–Crippen LogP) is 3.94. The lowest BCUT2D eigenvalue weighted by Crippen LogP contribution is -2.39. The number of benzene rings is 1. The molecular weight excluding hydrogens is 489 g/mol. The van der Waals surface area contributed by atoms with Gasteiger partial charge in [-0.05, 0) is 29.9 Å². The minimum atomic E-state index is 0. The van der Waals surface area contributed by atoms with Crippen molar-refractivity contribution in [2.24, 2.45) is 10.9 Å². The van der Waals surface area contributed by atoms with E-state index in [4.69, 9.17) is 14.2 Å². The number of hydrogen-bond acceptors (Lipinski definition) is 5. The Morgan fingerprint density at radius 3 is 2.32 bits per heavy atom. The lowest BCUT2D eigenvalue weighted by Gasteiger charge is -2.18. The first kappa shape index (κ1) is 24.4. The van der Waals surface area contributed by atoms with E-state index in [1.54, 1.807) is 39.7 Å². The van der Waals surface area contributed by atoms with Crippen molar-refractivity contribution < 1.29 is 14.2 Å². The minimum Gasteiger partial charge on any atom is -0.496 e. The topological polar surface area (TPSA) is 64.1 Å². The summed E-state index contributed by atoms with van der Waals surface area (Å²) in [6.07, 6.45) is 1.06. The highest BCUT2D eigenvalue weighted by Gasteiger charge is 2.12. The first-order chi connectivity index (χ1) is 13.1. The number of methoxy groups -OCH3 is 3. The monoisotopic (exact) mass is 519 g/mol. The van der Waals surface area contributed by atoms with E-state index in [0.717, 1.165) is 30.2 Å². The largest absolute Gasteiger partial charge is 0.496 e. The summed E-state index contributed by atoms with van der Waals surface area (Å²) < 4.78 is 16.2. The van der Waals surface area contributed by atoms with Crippen LogP contribution in [0.1, 0.15) is 17.4 Å². The van der Waals surface area contributed by atoms with E-state index in [9.17, 15) is 0 Å². The average molecular weight is 519 g/mol. The van der Waals surface area contributed by atoms with Gasteiger partial charge in [-0.15, -0.1) is 35.3 Å². The number of ether oxygens (including phenoxy) is 3. The average Bonchev–Trinajstić information content (AvgIpc) is 3.20. The van der Waals surface area contributed by atoms with E-state index < -0.39 is 0 Å². The first-order valence-corrected chi connectivity index (χ1v) is 9.75. The number of thiophene rings is 1. The van der Waals surface area contributed by atoms with Crippen LogP contribution in [0.2, 0.25) is 0 Å². The van der Waals surface area contributed by atoms with Gasteiger partial charge in [-0.2, -0.15) is 0 Å². The number of hydrogen-bond donors (Lipinski definition) is 2. The standard InChI is InChI=1S/C20H29N3O3S.HI/c1-14(9-16-7-6-8-27-16)12-22-20(21-2)23-13-15-10-18(25-4)19(26-5)11-17(15)24-3;/h6-8,10-11,14H,9,12-13H2,1-5H3,(H2,21,22,23);1H. The molecule has 0 aliphatic heterocycles. The number of rotatable bonds is 9. The summed E-state index contributed by atoms with van der Waals surface area (Å²) in [6, 6.07) is 8.02. The Labute approximate surface area is 188 Å². The second-order valence-electron chi connectivity index (χ2n) is 6.21. The summed E-state index contributed by atoms with van der Waals surface area (Å²) >= 11 is 1.80. The molecule has 2 aromatic rings. The number of nitrogens with zero attached hydrogens (tertiary/aromatic N) is 1. The van der Waals surface area contributed by atoms with Crippen LogP contribution < -0.4 is 24.8 Å². The summed E-state index contributed by atoms with van der Waals surface area (Å²) in [6.45, 7) is 3.64. The van der Waals surface area contributed by atoms with Crippen LogP contribution in [0.25, 0.3) is 0 Å². The van der Waals surface area contributed by atoms with Crippen LogP contribution in [0, 0.1) is 5.92 Å². The second kappa shape index (κ2) is 12.7. The predicted molar refractivity (Wildman–Crippen MR) is 127 cm³/mol. The molecule has 156 valence electrons. The number of halogens is 1. The quantitative estimate of drug-likeness (QED) is 0.299. The fourth-order valence-electron chi connectivity index (χ4n) is 2.75. The number of guanidine groups is 1. The van der Waals surface area contributed by atoms with Crippen molar-refractivity contribution in [1.82, 2.24) is 10.6 Å². The zero-order valence-corrected chi connectivity index (χ0v) is 20.2. The summed E-state index contributed by atoms with van der Waals surface area (Å²) in [5, 5.41) is 8.83. The van der Waals surface area contributed by atoms with Gasteiger partial charge in [0.05, 0.1) is 21.3 Å². The first-order valence-electron chi connectivity index (χ1n) is 8.87. The van der Waals surface area contributed by atoms with E-state index in [0.29, 0.717) is 24.0 Å². The molecule has 1 heterocycles. The van der Waals surface area contributed by atoms with Gasteiger partial charge in [0.1, 0.15) is 5.75 Å². The molecule has 1 aromatic carbocycles. The Bertz CT molecular complexity index is 739. The van der Waals surface area contributed by atoms with Crippen molar-refractivity contribution in [3.8, 4) is 17.2 Å².